The van der Waals surface area contributed by atoms with Gasteiger partial charge in [0, 0.05) is 0 Å². The minimum absolute atomic E-state index is 0.365. The molecular formula is C8H18O5. The highest BCUT2D eigenvalue weighted by Gasteiger charge is 2.13. The van der Waals surface area contributed by atoms with Crippen molar-refractivity contribution in [2.75, 3.05) is 33.0 Å². The van der Waals surface area contributed by atoms with Crippen LogP contribution in [0.4, 0.5) is 0 Å². The SMILES string of the molecule is C1CO1.CC1CO1.OCC(O)CO. The highest BCUT2D eigenvalue weighted by atomic mass is 16.6. The Balaban J connectivity index is 0.000000175. The van der Waals surface area contributed by atoms with Crippen molar-refractivity contribution < 1.29 is 24.8 Å². The van der Waals surface area contributed by atoms with E-state index in [1.54, 1.807) is 0 Å². The van der Waals surface area contributed by atoms with Gasteiger partial charge in [0.05, 0.1) is 39.1 Å². The molecule has 2 saturated heterocycles. The number of rotatable bonds is 2. The lowest BCUT2D eigenvalue weighted by Gasteiger charge is -1.96. The molecule has 1 unspecified atom stereocenters. The van der Waals surface area contributed by atoms with Crippen LogP contribution >= 0.6 is 0 Å². The smallest absolute Gasteiger partial charge is 0.100 e. The van der Waals surface area contributed by atoms with Gasteiger partial charge in [0.15, 0.2) is 0 Å². The Labute approximate surface area is 77.9 Å². The average Bonchev–Trinajstić information content (AvgIpc) is 2.96. The number of epoxide rings is 2. The normalized spacial score (nSPS) is 22.4. The summed E-state index contributed by atoms with van der Waals surface area (Å²) in [7, 11) is 0. The maximum Gasteiger partial charge on any atom is 0.100 e. The topological polar surface area (TPSA) is 85.8 Å². The summed E-state index contributed by atoms with van der Waals surface area (Å²) in [5.41, 5.74) is 0. The van der Waals surface area contributed by atoms with Gasteiger partial charge in [-0.05, 0) is 6.92 Å². The van der Waals surface area contributed by atoms with E-state index in [2.05, 4.69) is 11.7 Å². The third-order valence-electron chi connectivity index (χ3n) is 1.13. The van der Waals surface area contributed by atoms with Crippen LogP contribution < -0.4 is 0 Å². The second-order valence-electron chi connectivity index (χ2n) is 2.78. The molecule has 0 saturated carbocycles. The summed E-state index contributed by atoms with van der Waals surface area (Å²) < 4.78 is 9.21. The second-order valence-corrected chi connectivity index (χ2v) is 2.78. The van der Waals surface area contributed by atoms with E-state index >= 15 is 0 Å². The van der Waals surface area contributed by atoms with Gasteiger partial charge in [-0.25, -0.2) is 0 Å². The number of hydrogen-bond donors (Lipinski definition) is 3. The lowest BCUT2D eigenvalue weighted by Crippen LogP contribution is -2.15. The number of ether oxygens (including phenoxy) is 2. The van der Waals surface area contributed by atoms with E-state index in [0.29, 0.717) is 6.10 Å². The van der Waals surface area contributed by atoms with E-state index in [0.717, 1.165) is 19.8 Å². The first-order chi connectivity index (χ1) is 6.20. The van der Waals surface area contributed by atoms with Gasteiger partial charge in [-0.1, -0.05) is 0 Å². The first kappa shape index (κ1) is 12.8. The molecular weight excluding hydrogens is 176 g/mol. The van der Waals surface area contributed by atoms with Crippen molar-refractivity contribution in [1.82, 2.24) is 0 Å². The van der Waals surface area contributed by atoms with E-state index in [1.165, 1.54) is 0 Å². The van der Waals surface area contributed by atoms with Gasteiger partial charge in [-0.3, -0.25) is 0 Å². The average molecular weight is 194 g/mol. The zero-order chi connectivity index (χ0) is 10.1. The van der Waals surface area contributed by atoms with Gasteiger partial charge >= 0.3 is 0 Å². The first-order valence-corrected chi connectivity index (χ1v) is 4.29. The van der Waals surface area contributed by atoms with Gasteiger partial charge in [-0.15, -0.1) is 0 Å². The summed E-state index contributed by atoms with van der Waals surface area (Å²) in [5, 5.41) is 24.0. The van der Waals surface area contributed by atoms with E-state index < -0.39 is 6.10 Å². The van der Waals surface area contributed by atoms with E-state index in [-0.39, 0.29) is 13.2 Å². The first-order valence-electron chi connectivity index (χ1n) is 4.29. The molecule has 2 aliphatic heterocycles. The third kappa shape index (κ3) is 18.6. The minimum Gasteiger partial charge on any atom is -0.394 e. The minimum atomic E-state index is -0.954. The molecule has 0 radical (unpaired) electrons. The monoisotopic (exact) mass is 194 g/mol. The maximum atomic E-state index is 8.17. The molecule has 0 amide bonds. The standard InChI is InChI=1S/C3H8O3.C3H6O.C2H4O/c4-1-3(6)2-5;1-3-2-4-3;1-2-3-1/h3-6H,1-2H2;3H,2H2,1H3;1-2H2. The van der Waals surface area contributed by atoms with Crippen molar-refractivity contribution in [3.8, 4) is 0 Å². The van der Waals surface area contributed by atoms with Crippen LogP contribution in [0.1, 0.15) is 6.92 Å². The van der Waals surface area contributed by atoms with Crippen LogP contribution in [0.5, 0.6) is 0 Å². The Morgan fingerprint density at radius 2 is 1.62 bits per heavy atom. The van der Waals surface area contributed by atoms with Crippen LogP contribution in [0.2, 0.25) is 0 Å². The van der Waals surface area contributed by atoms with Crippen molar-refractivity contribution in [2.45, 2.75) is 19.1 Å². The zero-order valence-electron chi connectivity index (χ0n) is 7.85. The van der Waals surface area contributed by atoms with Crippen molar-refractivity contribution in [3.05, 3.63) is 0 Å². The molecule has 1 atom stereocenters. The fourth-order valence-corrected chi connectivity index (χ4v) is 0.154. The predicted octanol–water partition coefficient (Wildman–Crippen LogP) is -1.25. The summed E-state index contributed by atoms with van der Waals surface area (Å²) in [6.07, 6.45) is -0.370. The van der Waals surface area contributed by atoms with Crippen molar-refractivity contribution >= 4 is 0 Å². The Hall–Kier alpha value is -0.200. The molecule has 0 aromatic heterocycles. The molecule has 2 heterocycles. The van der Waals surface area contributed by atoms with Gasteiger partial charge in [0.2, 0.25) is 0 Å². The molecule has 2 aliphatic rings. The summed E-state index contributed by atoms with van der Waals surface area (Å²) in [5.74, 6) is 0. The summed E-state index contributed by atoms with van der Waals surface area (Å²) in [4.78, 5) is 0. The number of hydrogen-bond acceptors (Lipinski definition) is 5. The number of aliphatic hydroxyl groups is 3. The molecule has 0 aromatic rings. The lowest BCUT2D eigenvalue weighted by atomic mass is 10.4. The van der Waals surface area contributed by atoms with Gasteiger partial charge in [0.1, 0.15) is 6.10 Å². The second kappa shape index (κ2) is 8.40. The quantitative estimate of drug-likeness (QED) is 0.478. The van der Waals surface area contributed by atoms with Crippen LogP contribution in [0.25, 0.3) is 0 Å². The molecule has 13 heavy (non-hydrogen) atoms. The highest BCUT2D eigenvalue weighted by molar-refractivity contribution is 4.58. The molecule has 0 bridgehead atoms. The predicted molar refractivity (Wildman–Crippen MR) is 46.4 cm³/mol. The van der Waals surface area contributed by atoms with Crippen molar-refractivity contribution in [1.29, 1.82) is 0 Å². The van der Waals surface area contributed by atoms with Gasteiger partial charge < -0.3 is 24.8 Å². The molecule has 5 heteroatoms. The summed E-state index contributed by atoms with van der Waals surface area (Å²) in [6.45, 7) is 4.31. The third-order valence-corrected chi connectivity index (χ3v) is 1.13. The fourth-order valence-electron chi connectivity index (χ4n) is 0.154. The molecule has 0 aromatic carbocycles. The highest BCUT2D eigenvalue weighted by Crippen LogP contribution is 2.04. The number of aliphatic hydroxyl groups excluding tert-OH is 3. The van der Waals surface area contributed by atoms with Crippen LogP contribution in [0.3, 0.4) is 0 Å². The van der Waals surface area contributed by atoms with Crippen LogP contribution in [0.15, 0.2) is 0 Å². The van der Waals surface area contributed by atoms with Crippen LogP contribution in [-0.2, 0) is 9.47 Å². The molecule has 0 spiro atoms. The van der Waals surface area contributed by atoms with E-state index in [4.69, 9.17) is 20.1 Å². The van der Waals surface area contributed by atoms with Crippen LogP contribution in [-0.4, -0.2) is 60.6 Å². The summed E-state index contributed by atoms with van der Waals surface area (Å²) >= 11 is 0. The van der Waals surface area contributed by atoms with Crippen molar-refractivity contribution in [2.24, 2.45) is 0 Å². The van der Waals surface area contributed by atoms with E-state index in [9.17, 15) is 0 Å². The Morgan fingerprint density at radius 1 is 1.31 bits per heavy atom. The van der Waals surface area contributed by atoms with E-state index in [1.807, 2.05) is 0 Å². The molecule has 2 rings (SSSR count). The van der Waals surface area contributed by atoms with Crippen molar-refractivity contribution in [3.63, 3.8) is 0 Å². The molecule has 5 nitrogen and oxygen atoms in total. The molecule has 3 N–H and O–H groups in total. The lowest BCUT2D eigenvalue weighted by molar-refractivity contribution is 0.0450. The largest absolute Gasteiger partial charge is 0.394 e. The zero-order valence-corrected chi connectivity index (χ0v) is 7.85. The Morgan fingerprint density at radius 3 is 1.62 bits per heavy atom. The van der Waals surface area contributed by atoms with Gasteiger partial charge in [-0.2, -0.15) is 0 Å². The fraction of sp³-hybridized carbons (Fsp3) is 1.00. The van der Waals surface area contributed by atoms with Crippen LogP contribution in [0, 0.1) is 0 Å². The molecule has 0 aliphatic carbocycles. The maximum absolute atomic E-state index is 8.17. The Bertz CT molecular complexity index is 96.0. The summed E-state index contributed by atoms with van der Waals surface area (Å²) in [6, 6.07) is 0. The molecule has 80 valence electrons. The van der Waals surface area contributed by atoms with Gasteiger partial charge in [0.25, 0.3) is 0 Å². The molecule has 2 fully saturated rings. The Kier molecular flexibility index (Phi) is 8.27.